The number of hydrogen-bond donors (Lipinski definition) is 0. The lowest BCUT2D eigenvalue weighted by atomic mass is 9.85. The molecule has 0 bridgehead atoms. The number of aromatic nitrogens is 2. The molecule has 53 heavy (non-hydrogen) atoms. The Hall–Kier alpha value is -5.02. The smallest absolute Gasteiger partial charge is 0.177 e. The van der Waals surface area contributed by atoms with Gasteiger partial charge in [-0.05, 0) is 80.3 Å². The van der Waals surface area contributed by atoms with E-state index >= 15 is 13.2 Å². The number of halogens is 3. The lowest BCUT2D eigenvalue weighted by Crippen LogP contribution is -2.14. The van der Waals surface area contributed by atoms with Crippen LogP contribution in [0.15, 0.2) is 72.8 Å². The van der Waals surface area contributed by atoms with Crippen LogP contribution in [-0.4, -0.2) is 9.13 Å². The Labute approximate surface area is 310 Å². The number of rotatable bonds is 2. The average Bonchev–Trinajstić information content (AvgIpc) is 3.55. The molecule has 0 N–H and O–H groups in total. The first-order chi connectivity index (χ1) is 24.5. The number of hydrogen-bond acceptors (Lipinski definition) is 1. The van der Waals surface area contributed by atoms with E-state index in [9.17, 15) is 5.26 Å². The summed E-state index contributed by atoms with van der Waals surface area (Å²) in [4.78, 5) is 0. The lowest BCUT2D eigenvalue weighted by Gasteiger charge is -2.21. The van der Waals surface area contributed by atoms with Gasteiger partial charge in [-0.1, -0.05) is 119 Å². The molecule has 0 saturated heterocycles. The van der Waals surface area contributed by atoms with Crippen molar-refractivity contribution in [3.63, 3.8) is 0 Å². The number of benzene rings is 5. The summed E-state index contributed by atoms with van der Waals surface area (Å²) in [6, 6.07) is 25.7. The highest BCUT2D eigenvalue weighted by molar-refractivity contribution is 6.11. The lowest BCUT2D eigenvalue weighted by molar-refractivity contribution is 0.526. The number of nitriles is 1. The normalized spacial score (nSPS) is 13.2. The van der Waals surface area contributed by atoms with Crippen molar-refractivity contribution in [1.82, 2.24) is 9.13 Å². The molecule has 7 rings (SSSR count). The van der Waals surface area contributed by atoms with Crippen molar-refractivity contribution in [3.05, 3.63) is 118 Å². The van der Waals surface area contributed by atoms with E-state index in [0.29, 0.717) is 22.1 Å². The summed E-state index contributed by atoms with van der Waals surface area (Å²) in [6.45, 7) is 25.3. The average molecular weight is 712 g/mol. The van der Waals surface area contributed by atoms with Crippen LogP contribution in [0.3, 0.4) is 0 Å². The highest BCUT2D eigenvalue weighted by Gasteiger charge is 2.32. The molecule has 0 aliphatic heterocycles. The first-order valence-electron chi connectivity index (χ1n) is 18.3. The molecule has 5 aromatic carbocycles. The molecular weight excluding hydrogens is 664 g/mol. The van der Waals surface area contributed by atoms with Gasteiger partial charge in [0.2, 0.25) is 0 Å². The molecule has 0 radical (unpaired) electrons. The van der Waals surface area contributed by atoms with Gasteiger partial charge in [-0.15, -0.1) is 0 Å². The van der Waals surface area contributed by atoms with Gasteiger partial charge >= 0.3 is 0 Å². The summed E-state index contributed by atoms with van der Waals surface area (Å²) in [5.41, 5.74) is 3.64. The van der Waals surface area contributed by atoms with Gasteiger partial charge < -0.3 is 9.13 Å². The molecule has 7 aromatic rings. The minimum atomic E-state index is -1.24. The standard InChI is InChI=1S/C47H48F3N3/c1-44(2,3)26-15-19-35-32(21-26)30-17-13-28(46(7,8)9)23-37(30)52(35)42-39(48)34(25-51)40(49)43(41(42)50)53-36-20-16-27(45(4,5)6)22-33(36)31-18-14-29(24-38(31)53)47(10,11)12/h13-24H,1-12H3. The van der Waals surface area contributed by atoms with Gasteiger partial charge in [0.25, 0.3) is 0 Å². The summed E-state index contributed by atoms with van der Waals surface area (Å²) in [5.74, 6) is -3.56. The van der Waals surface area contributed by atoms with Gasteiger partial charge in [-0.3, -0.25) is 0 Å². The Balaban J connectivity index is 1.68. The van der Waals surface area contributed by atoms with Gasteiger partial charge in [0.15, 0.2) is 17.5 Å². The van der Waals surface area contributed by atoms with Crippen molar-refractivity contribution < 1.29 is 13.2 Å². The quantitative estimate of drug-likeness (QED) is 0.176. The van der Waals surface area contributed by atoms with E-state index in [4.69, 9.17) is 0 Å². The van der Waals surface area contributed by atoms with E-state index in [-0.39, 0.29) is 21.7 Å². The van der Waals surface area contributed by atoms with Crippen LogP contribution in [0.1, 0.15) is 111 Å². The third-order valence-electron chi connectivity index (χ3n) is 10.8. The minimum Gasteiger partial charge on any atom is -0.304 e. The zero-order valence-corrected chi connectivity index (χ0v) is 32.9. The Morgan fingerprint density at radius 3 is 1.06 bits per heavy atom. The van der Waals surface area contributed by atoms with Crippen molar-refractivity contribution in [1.29, 1.82) is 5.26 Å². The summed E-state index contributed by atoms with van der Waals surface area (Å²) in [7, 11) is 0. The van der Waals surface area contributed by atoms with Crippen LogP contribution in [0.25, 0.3) is 55.0 Å². The largest absolute Gasteiger partial charge is 0.304 e. The molecule has 0 saturated carbocycles. The van der Waals surface area contributed by atoms with E-state index in [2.05, 4.69) is 107 Å². The van der Waals surface area contributed by atoms with E-state index in [1.807, 2.05) is 48.5 Å². The van der Waals surface area contributed by atoms with E-state index in [1.54, 1.807) is 15.2 Å². The fourth-order valence-electron chi connectivity index (χ4n) is 7.52. The fourth-order valence-corrected chi connectivity index (χ4v) is 7.52. The zero-order valence-electron chi connectivity index (χ0n) is 32.9. The maximum Gasteiger partial charge on any atom is 0.177 e. The Bertz CT molecular complexity index is 2510. The van der Waals surface area contributed by atoms with Crippen LogP contribution in [0.4, 0.5) is 13.2 Å². The maximum atomic E-state index is 17.9. The van der Waals surface area contributed by atoms with Crippen molar-refractivity contribution in [3.8, 4) is 17.4 Å². The third kappa shape index (κ3) is 5.71. The van der Waals surface area contributed by atoms with Gasteiger partial charge in [0.05, 0.1) is 22.1 Å². The zero-order chi connectivity index (χ0) is 38.7. The molecular formula is C47H48F3N3. The van der Waals surface area contributed by atoms with E-state index in [1.165, 1.54) is 0 Å². The molecule has 0 fully saturated rings. The monoisotopic (exact) mass is 711 g/mol. The molecule has 6 heteroatoms. The highest BCUT2D eigenvalue weighted by atomic mass is 19.1. The molecule has 272 valence electrons. The van der Waals surface area contributed by atoms with Crippen molar-refractivity contribution >= 4 is 43.6 Å². The van der Waals surface area contributed by atoms with E-state index in [0.717, 1.165) is 43.8 Å². The van der Waals surface area contributed by atoms with Gasteiger partial charge in [-0.25, -0.2) is 13.2 Å². The second kappa shape index (κ2) is 11.7. The first-order valence-corrected chi connectivity index (χ1v) is 18.3. The van der Waals surface area contributed by atoms with E-state index < -0.39 is 34.4 Å². The molecule has 0 spiro atoms. The highest BCUT2D eigenvalue weighted by Crippen LogP contribution is 2.43. The topological polar surface area (TPSA) is 33.6 Å². The van der Waals surface area contributed by atoms with Crippen LogP contribution in [-0.2, 0) is 21.7 Å². The van der Waals surface area contributed by atoms with Crippen molar-refractivity contribution in [2.45, 2.75) is 105 Å². The van der Waals surface area contributed by atoms with Gasteiger partial charge in [0, 0.05) is 21.5 Å². The predicted octanol–water partition coefficient (Wildman–Crippen LogP) is 13.4. The molecule has 0 aliphatic carbocycles. The fraction of sp³-hybridized carbons (Fsp3) is 0.340. The summed E-state index contributed by atoms with van der Waals surface area (Å²) >= 11 is 0. The number of fused-ring (bicyclic) bond motifs is 6. The molecule has 0 unspecified atom stereocenters. The van der Waals surface area contributed by atoms with Crippen molar-refractivity contribution in [2.75, 3.05) is 0 Å². The molecule has 0 atom stereocenters. The first kappa shape index (κ1) is 36.3. The summed E-state index contributed by atoms with van der Waals surface area (Å²) in [5, 5.41) is 13.6. The minimum absolute atomic E-state index is 0.184. The second-order valence-corrected chi connectivity index (χ2v) is 18.7. The van der Waals surface area contributed by atoms with Crippen LogP contribution in [0.2, 0.25) is 0 Å². The van der Waals surface area contributed by atoms with Gasteiger partial charge in [0.1, 0.15) is 23.0 Å². The van der Waals surface area contributed by atoms with Gasteiger partial charge in [-0.2, -0.15) is 5.26 Å². The predicted molar refractivity (Wildman–Crippen MR) is 215 cm³/mol. The Morgan fingerprint density at radius 2 is 0.736 bits per heavy atom. The molecule has 0 aliphatic rings. The Kier molecular flexibility index (Phi) is 8.05. The van der Waals surface area contributed by atoms with Crippen LogP contribution >= 0.6 is 0 Å². The second-order valence-electron chi connectivity index (χ2n) is 18.7. The Morgan fingerprint density at radius 1 is 0.415 bits per heavy atom. The maximum absolute atomic E-state index is 17.9. The van der Waals surface area contributed by atoms with Crippen LogP contribution < -0.4 is 0 Å². The van der Waals surface area contributed by atoms with Crippen LogP contribution in [0.5, 0.6) is 0 Å². The SMILES string of the molecule is CC(C)(C)c1ccc2c(c1)c1ccc(C(C)(C)C)cc1n2-c1c(F)c(C#N)c(F)c(-n2c3ccc(C(C)(C)C)cc3c3ccc(C(C)(C)C)cc32)c1F. The summed E-state index contributed by atoms with van der Waals surface area (Å²) in [6.07, 6.45) is 0. The number of nitrogens with zero attached hydrogens (tertiary/aromatic N) is 3. The molecule has 3 nitrogen and oxygen atoms in total. The molecule has 2 heterocycles. The van der Waals surface area contributed by atoms with Crippen molar-refractivity contribution in [2.24, 2.45) is 0 Å². The molecule has 2 aromatic heterocycles. The third-order valence-corrected chi connectivity index (χ3v) is 10.8. The molecule has 0 amide bonds. The van der Waals surface area contributed by atoms with Crippen LogP contribution in [0, 0.1) is 28.8 Å². The summed E-state index contributed by atoms with van der Waals surface area (Å²) < 4.78 is 54.9.